The Kier molecular flexibility index (Phi) is 3.62. The summed E-state index contributed by atoms with van der Waals surface area (Å²) in [5.74, 6) is 0.391. The third kappa shape index (κ3) is 2.09. The number of anilines is 1. The summed E-state index contributed by atoms with van der Waals surface area (Å²) in [7, 11) is 0. The number of hydrogen-bond donors (Lipinski definition) is 1. The number of fused-ring (bicyclic) bond motifs is 1. The van der Waals surface area contributed by atoms with Gasteiger partial charge in [0.25, 0.3) is 5.91 Å². The van der Waals surface area contributed by atoms with Gasteiger partial charge in [-0.05, 0) is 24.6 Å². The first-order valence-electron chi connectivity index (χ1n) is 5.89. The third-order valence-corrected chi connectivity index (χ3v) is 2.91. The summed E-state index contributed by atoms with van der Waals surface area (Å²) in [5, 5.41) is 9.04. The monoisotopic (exact) mass is 249 g/mol. The van der Waals surface area contributed by atoms with Crippen molar-refractivity contribution in [2.24, 2.45) is 0 Å². The molecule has 1 N–H and O–H groups in total. The van der Waals surface area contributed by atoms with E-state index in [1.165, 1.54) is 4.90 Å². The fourth-order valence-corrected chi connectivity index (χ4v) is 2.00. The highest BCUT2D eigenvalue weighted by Crippen LogP contribution is 2.35. The van der Waals surface area contributed by atoms with E-state index in [0.29, 0.717) is 29.7 Å². The van der Waals surface area contributed by atoms with Crippen LogP contribution in [0.15, 0.2) is 18.2 Å². The topological polar surface area (TPSA) is 66.8 Å². The number of benzene rings is 1. The van der Waals surface area contributed by atoms with Crippen LogP contribution in [0.25, 0.3) is 0 Å². The van der Waals surface area contributed by atoms with Gasteiger partial charge in [0.1, 0.15) is 12.0 Å². The summed E-state index contributed by atoms with van der Waals surface area (Å²) >= 11 is 0. The maximum absolute atomic E-state index is 12.1. The largest absolute Gasteiger partial charge is 0.478 e. The first-order chi connectivity index (χ1) is 8.71. The summed E-state index contributed by atoms with van der Waals surface area (Å²) < 4.78 is 5.58. The average Bonchev–Trinajstić information content (AvgIpc) is 2.41. The number of aliphatic hydroxyl groups excluding tert-OH is 1. The first kappa shape index (κ1) is 12.6. The predicted molar refractivity (Wildman–Crippen MR) is 66.0 cm³/mol. The Labute approximate surface area is 105 Å². The fraction of sp³-hybridized carbons (Fsp3) is 0.385. The standard InChI is InChI=1S/C13H15NO4/c1-2-11-13(17)14(5-6-15)10-7-9(8-16)3-4-12(10)18-11/h3-4,7-8,11,15H,2,5-6H2,1H3. The van der Waals surface area contributed by atoms with Gasteiger partial charge >= 0.3 is 0 Å². The number of aliphatic hydroxyl groups is 1. The lowest BCUT2D eigenvalue weighted by Crippen LogP contribution is -2.46. The van der Waals surface area contributed by atoms with Gasteiger partial charge in [0.05, 0.1) is 12.3 Å². The molecule has 2 rings (SSSR count). The number of amides is 1. The van der Waals surface area contributed by atoms with Gasteiger partial charge in [0, 0.05) is 12.1 Å². The second-order valence-corrected chi connectivity index (χ2v) is 4.07. The quantitative estimate of drug-likeness (QED) is 0.808. The average molecular weight is 249 g/mol. The molecule has 1 aliphatic heterocycles. The van der Waals surface area contributed by atoms with Gasteiger partial charge in [0.15, 0.2) is 6.10 Å². The molecule has 0 fully saturated rings. The van der Waals surface area contributed by atoms with E-state index in [4.69, 9.17) is 9.84 Å². The van der Waals surface area contributed by atoms with Crippen molar-refractivity contribution in [3.63, 3.8) is 0 Å². The number of carbonyl (C=O) groups is 2. The molecule has 0 radical (unpaired) electrons. The number of hydrogen-bond acceptors (Lipinski definition) is 4. The second-order valence-electron chi connectivity index (χ2n) is 4.07. The Morgan fingerprint density at radius 1 is 1.50 bits per heavy atom. The minimum absolute atomic E-state index is 0.132. The Morgan fingerprint density at radius 2 is 2.28 bits per heavy atom. The van der Waals surface area contributed by atoms with Crippen molar-refractivity contribution >= 4 is 17.9 Å². The Morgan fingerprint density at radius 3 is 2.89 bits per heavy atom. The fourth-order valence-electron chi connectivity index (χ4n) is 2.00. The van der Waals surface area contributed by atoms with E-state index < -0.39 is 6.10 Å². The normalized spacial score (nSPS) is 18.2. The first-order valence-corrected chi connectivity index (χ1v) is 5.89. The molecule has 1 amide bonds. The van der Waals surface area contributed by atoms with Crippen molar-refractivity contribution in [3.05, 3.63) is 23.8 Å². The SMILES string of the molecule is CCC1Oc2ccc(C=O)cc2N(CCO)C1=O. The van der Waals surface area contributed by atoms with Crippen LogP contribution in [0.3, 0.4) is 0 Å². The van der Waals surface area contributed by atoms with Gasteiger partial charge in [-0.15, -0.1) is 0 Å². The van der Waals surface area contributed by atoms with Crippen molar-refractivity contribution in [1.82, 2.24) is 0 Å². The molecule has 0 saturated carbocycles. The maximum Gasteiger partial charge on any atom is 0.268 e. The van der Waals surface area contributed by atoms with Crippen molar-refractivity contribution in [2.75, 3.05) is 18.1 Å². The number of ether oxygens (including phenoxy) is 1. The Balaban J connectivity index is 2.45. The van der Waals surface area contributed by atoms with E-state index in [1.54, 1.807) is 18.2 Å². The summed E-state index contributed by atoms with van der Waals surface area (Å²) in [6.07, 6.45) is 0.759. The molecular weight excluding hydrogens is 234 g/mol. The van der Waals surface area contributed by atoms with Crippen LogP contribution in [0, 0.1) is 0 Å². The van der Waals surface area contributed by atoms with Gasteiger partial charge in [-0.2, -0.15) is 0 Å². The summed E-state index contributed by atoms with van der Waals surface area (Å²) in [5.41, 5.74) is 1.02. The van der Waals surface area contributed by atoms with E-state index in [2.05, 4.69) is 0 Å². The predicted octanol–water partition coefficient (Wildman–Crippen LogP) is 0.995. The van der Waals surface area contributed by atoms with Crippen LogP contribution in [0.1, 0.15) is 23.7 Å². The lowest BCUT2D eigenvalue weighted by Gasteiger charge is -2.33. The van der Waals surface area contributed by atoms with Crippen molar-refractivity contribution in [2.45, 2.75) is 19.4 Å². The molecule has 1 heterocycles. The van der Waals surface area contributed by atoms with Crippen molar-refractivity contribution in [1.29, 1.82) is 0 Å². The van der Waals surface area contributed by atoms with E-state index in [1.807, 2.05) is 6.92 Å². The number of aldehydes is 1. The van der Waals surface area contributed by atoms with Crippen LogP contribution in [0.2, 0.25) is 0 Å². The van der Waals surface area contributed by atoms with Gasteiger partial charge in [-0.25, -0.2) is 0 Å². The molecule has 1 aromatic carbocycles. The van der Waals surface area contributed by atoms with Gasteiger partial charge in [0.2, 0.25) is 0 Å². The number of carbonyl (C=O) groups excluding carboxylic acids is 2. The minimum atomic E-state index is -0.522. The number of rotatable bonds is 4. The molecule has 0 aromatic heterocycles. The van der Waals surface area contributed by atoms with Crippen molar-refractivity contribution < 1.29 is 19.4 Å². The molecule has 1 aromatic rings. The van der Waals surface area contributed by atoms with Crippen LogP contribution in [-0.4, -0.2) is 36.6 Å². The Bertz CT molecular complexity index is 472. The number of nitrogens with zero attached hydrogens (tertiary/aromatic N) is 1. The summed E-state index contributed by atoms with van der Waals surface area (Å²) in [6.45, 7) is 1.94. The number of β-amino-alcohol motifs (C(OH)–C–C–N with tert-alkyl or cyclic N) is 1. The van der Waals surface area contributed by atoms with Crippen LogP contribution in [-0.2, 0) is 4.79 Å². The smallest absolute Gasteiger partial charge is 0.268 e. The van der Waals surface area contributed by atoms with Crippen LogP contribution < -0.4 is 9.64 Å². The van der Waals surface area contributed by atoms with E-state index >= 15 is 0 Å². The molecular formula is C13H15NO4. The third-order valence-electron chi connectivity index (χ3n) is 2.91. The molecule has 5 heteroatoms. The molecule has 0 saturated heterocycles. The molecule has 1 atom stereocenters. The zero-order valence-electron chi connectivity index (χ0n) is 10.1. The van der Waals surface area contributed by atoms with Gasteiger partial charge in [-0.1, -0.05) is 6.92 Å². The van der Waals surface area contributed by atoms with E-state index in [0.717, 1.165) is 0 Å². The molecule has 1 unspecified atom stereocenters. The zero-order chi connectivity index (χ0) is 13.1. The molecule has 18 heavy (non-hydrogen) atoms. The lowest BCUT2D eigenvalue weighted by molar-refractivity contribution is -0.126. The van der Waals surface area contributed by atoms with Crippen LogP contribution >= 0.6 is 0 Å². The maximum atomic E-state index is 12.1. The summed E-state index contributed by atoms with van der Waals surface area (Å²) in [4.78, 5) is 24.3. The highest BCUT2D eigenvalue weighted by Gasteiger charge is 2.32. The highest BCUT2D eigenvalue weighted by molar-refractivity contribution is 6.00. The molecule has 5 nitrogen and oxygen atoms in total. The van der Waals surface area contributed by atoms with Crippen LogP contribution in [0.4, 0.5) is 5.69 Å². The Hall–Kier alpha value is -1.88. The highest BCUT2D eigenvalue weighted by atomic mass is 16.5. The second kappa shape index (κ2) is 5.18. The van der Waals surface area contributed by atoms with Gasteiger partial charge in [-0.3, -0.25) is 9.59 Å². The summed E-state index contributed by atoms with van der Waals surface area (Å²) in [6, 6.07) is 4.92. The minimum Gasteiger partial charge on any atom is -0.478 e. The van der Waals surface area contributed by atoms with E-state index in [9.17, 15) is 9.59 Å². The van der Waals surface area contributed by atoms with E-state index in [-0.39, 0.29) is 19.1 Å². The molecule has 1 aliphatic rings. The molecule has 0 spiro atoms. The zero-order valence-corrected chi connectivity index (χ0v) is 10.1. The van der Waals surface area contributed by atoms with Crippen LogP contribution in [0.5, 0.6) is 5.75 Å². The molecule has 0 aliphatic carbocycles. The molecule has 96 valence electrons. The lowest BCUT2D eigenvalue weighted by atomic mass is 10.1. The van der Waals surface area contributed by atoms with Crippen molar-refractivity contribution in [3.8, 4) is 5.75 Å². The molecule has 0 bridgehead atoms. The van der Waals surface area contributed by atoms with Gasteiger partial charge < -0.3 is 14.7 Å².